The third-order valence-electron chi connectivity index (χ3n) is 18.4. The third kappa shape index (κ3) is 10.5. The maximum absolute atomic E-state index is 10.2. The third-order valence-corrected chi connectivity index (χ3v) is 19.4. The van der Waals surface area contributed by atoms with Gasteiger partial charge in [-0.05, 0) is 201 Å². The van der Waals surface area contributed by atoms with E-state index in [2.05, 4.69) is 255 Å². The van der Waals surface area contributed by atoms with Gasteiger partial charge in [0.2, 0.25) is 0 Å². The molecular formula is C76H78Br2N2O4. The standard InChI is InChI=1S/C76H78Br2N2O4/c1-9-11-41-75(42-12-10-2)67-45-55(77)25-39-63(67)65-48-70-66(47-68(65)75)64-40-26-56(78)46-69(64)76(70,53-21-35-61(36-22-53)79(57-27-13-49(14-28-57)71(81)82)59-31-17-51(18-32-59)73(3,4)5)54-23-37-62(38-24-54)80(60-33-19-52(20-34-60)74(6,7)8)58-29-15-50(16-30-58)72-83-43-44-84-72/h13-23,25-37,39-40,45-48,71-72,81-82H,9-12,24,38,41-44H2,1-8H3. The van der Waals surface area contributed by atoms with Gasteiger partial charge in [0.15, 0.2) is 12.6 Å². The molecule has 8 aromatic carbocycles. The molecule has 84 heavy (non-hydrogen) atoms. The molecule has 0 saturated carbocycles. The molecule has 430 valence electrons. The number of aliphatic hydroxyl groups excluding tert-OH is 1. The van der Waals surface area contributed by atoms with Crippen LogP contribution in [0.3, 0.4) is 0 Å². The largest absolute Gasteiger partial charge is 0.364 e. The normalized spacial score (nSPS) is 17.2. The van der Waals surface area contributed by atoms with Crippen LogP contribution in [0.25, 0.3) is 22.3 Å². The first-order valence-corrected chi connectivity index (χ1v) is 31.9. The summed E-state index contributed by atoms with van der Waals surface area (Å²) in [7, 11) is 0. The Hall–Kier alpha value is -6.36. The van der Waals surface area contributed by atoms with Gasteiger partial charge in [-0.15, -0.1) is 0 Å². The summed E-state index contributed by atoms with van der Waals surface area (Å²) < 4.78 is 14.1. The summed E-state index contributed by atoms with van der Waals surface area (Å²) in [4.78, 5) is 4.72. The highest BCUT2D eigenvalue weighted by Gasteiger charge is 2.51. The molecule has 1 fully saturated rings. The van der Waals surface area contributed by atoms with Gasteiger partial charge < -0.3 is 29.5 Å². The quantitative estimate of drug-likeness (QED) is 0.0940. The van der Waals surface area contributed by atoms with E-state index in [1.54, 1.807) is 12.1 Å². The highest BCUT2D eigenvalue weighted by molar-refractivity contribution is 9.10. The Bertz CT molecular complexity index is 3760. The van der Waals surface area contributed by atoms with Crippen LogP contribution in [0, 0.1) is 0 Å². The number of halogens is 2. The number of ether oxygens (including phenoxy) is 2. The Labute approximate surface area is 515 Å². The molecule has 0 aromatic heterocycles. The van der Waals surface area contributed by atoms with Crippen molar-refractivity contribution >= 4 is 60.3 Å². The molecule has 1 saturated heterocycles. The number of anilines is 5. The predicted octanol–water partition coefficient (Wildman–Crippen LogP) is 20.7. The van der Waals surface area contributed by atoms with Crippen molar-refractivity contribution in [1.29, 1.82) is 0 Å². The summed E-state index contributed by atoms with van der Waals surface area (Å²) in [5, 5.41) is 20.3. The molecule has 0 amide bonds. The topological polar surface area (TPSA) is 65.4 Å². The lowest BCUT2D eigenvalue weighted by Crippen LogP contribution is -2.31. The molecule has 0 spiro atoms. The highest BCUT2D eigenvalue weighted by Crippen LogP contribution is 2.63. The lowest BCUT2D eigenvalue weighted by atomic mass is 9.64. The highest BCUT2D eigenvalue weighted by atomic mass is 79.9. The van der Waals surface area contributed by atoms with E-state index in [1.165, 1.54) is 72.5 Å². The van der Waals surface area contributed by atoms with E-state index in [0.717, 1.165) is 94.3 Å². The van der Waals surface area contributed by atoms with Crippen molar-refractivity contribution in [3.05, 3.63) is 252 Å². The van der Waals surface area contributed by atoms with Gasteiger partial charge in [-0.25, -0.2) is 0 Å². The fraction of sp³-hybridized carbons (Fsp3) is 0.316. The Morgan fingerprint density at radius 2 is 0.940 bits per heavy atom. The van der Waals surface area contributed by atoms with Gasteiger partial charge in [-0.1, -0.05) is 197 Å². The van der Waals surface area contributed by atoms with Crippen molar-refractivity contribution in [1.82, 2.24) is 0 Å². The average Bonchev–Trinajstić information content (AvgIpc) is 2.45. The van der Waals surface area contributed by atoms with E-state index in [0.29, 0.717) is 18.8 Å². The van der Waals surface area contributed by atoms with Gasteiger partial charge in [0.1, 0.15) is 0 Å². The number of nitrogens with zero attached hydrogens (tertiary/aromatic N) is 2. The summed E-state index contributed by atoms with van der Waals surface area (Å²) in [6.45, 7) is 19.4. The van der Waals surface area contributed by atoms with Crippen molar-refractivity contribution in [3.63, 3.8) is 0 Å². The molecule has 1 atom stereocenters. The van der Waals surface area contributed by atoms with Crippen LogP contribution in [-0.2, 0) is 31.1 Å². The van der Waals surface area contributed by atoms with Crippen molar-refractivity contribution < 1.29 is 19.7 Å². The van der Waals surface area contributed by atoms with Crippen molar-refractivity contribution in [2.45, 2.75) is 141 Å². The second-order valence-electron chi connectivity index (χ2n) is 25.7. The number of fused-ring (bicyclic) bond motifs is 6. The fourth-order valence-electron chi connectivity index (χ4n) is 14.0. The fourth-order valence-corrected chi connectivity index (χ4v) is 14.7. The summed E-state index contributed by atoms with van der Waals surface area (Å²) in [5.41, 5.74) is 22.9. The summed E-state index contributed by atoms with van der Waals surface area (Å²) in [6.07, 6.45) is 11.4. The molecular weight excluding hydrogens is 1160 g/mol. The van der Waals surface area contributed by atoms with Gasteiger partial charge in [0, 0.05) is 59.6 Å². The number of allylic oxidation sites excluding steroid dienone is 4. The number of hydrogen-bond donors (Lipinski definition) is 2. The van der Waals surface area contributed by atoms with Gasteiger partial charge in [-0.2, -0.15) is 0 Å². The van der Waals surface area contributed by atoms with Gasteiger partial charge in [0.25, 0.3) is 0 Å². The summed E-state index contributed by atoms with van der Waals surface area (Å²) in [6, 6.07) is 63.0. The molecule has 1 unspecified atom stereocenters. The molecule has 2 N–H and O–H groups in total. The van der Waals surface area contributed by atoms with Crippen LogP contribution in [0.4, 0.5) is 28.4 Å². The number of benzene rings is 8. The van der Waals surface area contributed by atoms with E-state index < -0.39 is 11.7 Å². The Kier molecular flexibility index (Phi) is 16.0. The van der Waals surface area contributed by atoms with E-state index in [-0.39, 0.29) is 22.5 Å². The van der Waals surface area contributed by atoms with E-state index in [4.69, 9.17) is 9.47 Å². The molecule has 3 aliphatic carbocycles. The van der Waals surface area contributed by atoms with Crippen LogP contribution in [0.15, 0.2) is 202 Å². The molecule has 0 radical (unpaired) electrons. The average molecular weight is 1240 g/mol. The van der Waals surface area contributed by atoms with E-state index >= 15 is 0 Å². The summed E-state index contributed by atoms with van der Waals surface area (Å²) >= 11 is 8.02. The molecule has 6 nitrogen and oxygen atoms in total. The van der Waals surface area contributed by atoms with E-state index in [1.807, 2.05) is 12.1 Å². The van der Waals surface area contributed by atoms with Gasteiger partial charge in [0.05, 0.1) is 18.6 Å². The van der Waals surface area contributed by atoms with Crippen LogP contribution < -0.4 is 9.80 Å². The Morgan fingerprint density at radius 1 is 0.500 bits per heavy atom. The number of aliphatic hydroxyl groups is 2. The minimum Gasteiger partial charge on any atom is -0.364 e. The predicted molar refractivity (Wildman–Crippen MR) is 353 cm³/mol. The zero-order chi connectivity index (χ0) is 58.7. The number of unbranched alkanes of at least 4 members (excludes halogenated alkanes) is 2. The van der Waals surface area contributed by atoms with Crippen LogP contribution in [0.5, 0.6) is 0 Å². The molecule has 8 aromatic rings. The number of hydrogen-bond acceptors (Lipinski definition) is 6. The lowest BCUT2D eigenvalue weighted by molar-refractivity contribution is -0.0441. The van der Waals surface area contributed by atoms with Gasteiger partial charge in [-0.3, -0.25) is 0 Å². The van der Waals surface area contributed by atoms with Crippen LogP contribution in [0.1, 0.15) is 169 Å². The molecule has 0 bridgehead atoms. The Balaban J connectivity index is 1.08. The van der Waals surface area contributed by atoms with Crippen molar-refractivity contribution in [3.8, 4) is 22.3 Å². The second kappa shape index (κ2) is 23.1. The molecule has 12 rings (SSSR count). The number of rotatable bonds is 16. The SMILES string of the molecule is CCCCC1(CCCC)c2cc(Br)ccc2-c2cc3c(cc21)-c1ccc(Br)cc1C3(C1=CC=C(N(c2ccc(C3OCCO3)cc2)c2ccc(C(C)(C)C)cc2)CC1)c1ccc(N(c2ccc(C(O)O)cc2)c2ccc(C(C)(C)C)cc2)cc1. The molecule has 8 heteroatoms. The first kappa shape index (κ1) is 58.0. The Morgan fingerprint density at radius 3 is 1.44 bits per heavy atom. The molecule has 1 aliphatic heterocycles. The minimum atomic E-state index is -1.56. The first-order chi connectivity index (χ1) is 40.4. The zero-order valence-electron chi connectivity index (χ0n) is 49.9. The second-order valence-corrected chi connectivity index (χ2v) is 27.5. The smallest absolute Gasteiger partial charge is 0.184 e. The summed E-state index contributed by atoms with van der Waals surface area (Å²) in [5.74, 6) is 0. The minimum absolute atomic E-state index is 0.0152. The van der Waals surface area contributed by atoms with Crippen LogP contribution >= 0.6 is 31.9 Å². The first-order valence-electron chi connectivity index (χ1n) is 30.3. The zero-order valence-corrected chi connectivity index (χ0v) is 53.1. The maximum Gasteiger partial charge on any atom is 0.184 e. The molecule has 4 aliphatic rings. The van der Waals surface area contributed by atoms with E-state index in [9.17, 15) is 10.2 Å². The van der Waals surface area contributed by atoms with Crippen LogP contribution in [0.2, 0.25) is 0 Å². The van der Waals surface area contributed by atoms with Crippen LogP contribution in [-0.4, -0.2) is 23.4 Å². The van der Waals surface area contributed by atoms with Crippen molar-refractivity contribution in [2.75, 3.05) is 23.0 Å². The monoisotopic (exact) mass is 1240 g/mol. The van der Waals surface area contributed by atoms with Crippen molar-refractivity contribution in [2.24, 2.45) is 0 Å². The van der Waals surface area contributed by atoms with Gasteiger partial charge >= 0.3 is 0 Å². The maximum atomic E-state index is 10.2. The lowest BCUT2D eigenvalue weighted by Gasteiger charge is -2.39. The molecule has 1 heterocycles.